The maximum atomic E-state index is 9.14. The quantitative estimate of drug-likeness (QED) is 0.354. The van der Waals surface area contributed by atoms with Crippen LogP contribution in [0, 0.1) is 0 Å². The molecule has 1 saturated heterocycles. The average molecular weight is 165 g/mol. The first-order valence-electron chi connectivity index (χ1n) is 3.83. The van der Waals surface area contributed by atoms with Crippen molar-refractivity contribution in [1.29, 1.82) is 0 Å². The van der Waals surface area contributed by atoms with Crippen LogP contribution in [0.4, 0.5) is 0 Å². The Hall–Kier alpha value is -0.200. The monoisotopic (exact) mass is 165 g/mol. The molecule has 66 valence electrons. The molecule has 0 spiro atoms. The summed E-state index contributed by atoms with van der Waals surface area (Å²) in [7, 11) is 0. The molecule has 5 nitrogen and oxygen atoms in total. The van der Waals surface area contributed by atoms with Crippen molar-refractivity contribution in [3.05, 3.63) is 0 Å². The van der Waals surface area contributed by atoms with E-state index < -0.39 is 31.2 Å². The standard InChI is InChI=1S/C6H12O5/c7-2-4-6(10)3(8)1-5(9)11-4/h3-10H,1-2H2/t3-,4-,5?,6+/m1/s1/i5D. The molecule has 1 fully saturated rings. The average Bonchev–Trinajstić information content (AvgIpc) is 1.96. The summed E-state index contributed by atoms with van der Waals surface area (Å²) in [6.07, 6.45) is -6.19. The van der Waals surface area contributed by atoms with Crippen molar-refractivity contribution < 1.29 is 26.5 Å². The lowest BCUT2D eigenvalue weighted by Gasteiger charge is -2.33. The molecule has 0 aromatic carbocycles. The minimum absolute atomic E-state index is 0.384. The van der Waals surface area contributed by atoms with Gasteiger partial charge in [0.1, 0.15) is 12.2 Å². The highest BCUT2D eigenvalue weighted by Crippen LogP contribution is 2.18. The van der Waals surface area contributed by atoms with E-state index in [0.29, 0.717) is 0 Å². The van der Waals surface area contributed by atoms with Gasteiger partial charge in [-0.3, -0.25) is 0 Å². The summed E-state index contributed by atoms with van der Waals surface area (Å²) in [6.45, 7) is -0.542. The van der Waals surface area contributed by atoms with Crippen LogP contribution in [-0.2, 0) is 4.74 Å². The van der Waals surface area contributed by atoms with E-state index in [-0.39, 0.29) is 6.42 Å². The molecule has 1 aliphatic heterocycles. The van der Waals surface area contributed by atoms with Gasteiger partial charge in [0.25, 0.3) is 0 Å². The summed E-state index contributed by atoms with van der Waals surface area (Å²) in [5.41, 5.74) is 0. The lowest BCUT2D eigenvalue weighted by atomic mass is 10.0. The maximum absolute atomic E-state index is 9.14. The maximum Gasteiger partial charge on any atom is 0.157 e. The van der Waals surface area contributed by atoms with Crippen LogP contribution in [0.15, 0.2) is 0 Å². The first-order valence-corrected chi connectivity index (χ1v) is 3.33. The van der Waals surface area contributed by atoms with Crippen molar-refractivity contribution in [3.63, 3.8) is 0 Å². The normalized spacial score (nSPS) is 53.8. The summed E-state index contributed by atoms with van der Waals surface area (Å²) in [6, 6.07) is 0. The van der Waals surface area contributed by atoms with Crippen LogP contribution in [0.3, 0.4) is 0 Å². The van der Waals surface area contributed by atoms with Gasteiger partial charge in [-0.2, -0.15) is 0 Å². The van der Waals surface area contributed by atoms with Crippen molar-refractivity contribution in [2.45, 2.75) is 31.0 Å². The van der Waals surface area contributed by atoms with Crippen LogP contribution in [0.2, 0.25) is 0 Å². The third-order valence-electron chi connectivity index (χ3n) is 1.63. The van der Waals surface area contributed by atoms with Gasteiger partial charge in [-0.15, -0.1) is 0 Å². The molecular formula is C6H12O5. The number of aliphatic hydroxyl groups excluding tert-OH is 3. The van der Waals surface area contributed by atoms with Crippen molar-refractivity contribution in [2.75, 3.05) is 6.61 Å². The van der Waals surface area contributed by atoms with Gasteiger partial charge in [0.2, 0.25) is 0 Å². The molecule has 0 aliphatic carbocycles. The van der Waals surface area contributed by atoms with Gasteiger partial charge < -0.3 is 25.2 Å². The van der Waals surface area contributed by atoms with E-state index in [1.807, 2.05) is 0 Å². The molecule has 4 atom stereocenters. The van der Waals surface area contributed by atoms with E-state index in [4.69, 9.17) is 21.8 Å². The van der Waals surface area contributed by atoms with Crippen LogP contribution in [0.5, 0.6) is 0 Å². The summed E-state index contributed by atoms with van der Waals surface area (Å²) in [5, 5.41) is 35.9. The van der Waals surface area contributed by atoms with Crippen LogP contribution in [-0.4, -0.2) is 51.6 Å². The van der Waals surface area contributed by atoms with Gasteiger partial charge in [0.15, 0.2) is 6.27 Å². The fourth-order valence-electron chi connectivity index (χ4n) is 0.985. The summed E-state index contributed by atoms with van der Waals surface area (Å²) in [4.78, 5) is 0. The zero-order valence-electron chi connectivity index (χ0n) is 6.84. The zero-order valence-corrected chi connectivity index (χ0v) is 5.84. The molecule has 0 saturated carbocycles. The molecule has 0 radical (unpaired) electrons. The summed E-state index contributed by atoms with van der Waals surface area (Å²) >= 11 is 0. The first-order chi connectivity index (χ1) is 5.46. The Bertz CT molecular complexity index is 162. The van der Waals surface area contributed by atoms with E-state index in [1.165, 1.54) is 0 Å². The fraction of sp³-hybridized carbons (Fsp3) is 1.00. The van der Waals surface area contributed by atoms with E-state index in [2.05, 4.69) is 4.74 Å². The van der Waals surface area contributed by atoms with Crippen LogP contribution in [0.1, 0.15) is 7.79 Å². The second-order valence-corrected chi connectivity index (χ2v) is 2.49. The second kappa shape index (κ2) is 3.46. The Morgan fingerprint density at radius 3 is 2.64 bits per heavy atom. The Morgan fingerprint density at radius 1 is 1.45 bits per heavy atom. The summed E-state index contributed by atoms with van der Waals surface area (Å²) in [5.74, 6) is 0. The molecule has 0 aromatic heterocycles. The summed E-state index contributed by atoms with van der Waals surface area (Å²) < 4.78 is 11.6. The van der Waals surface area contributed by atoms with Crippen molar-refractivity contribution >= 4 is 0 Å². The van der Waals surface area contributed by atoms with Crippen LogP contribution in [0.25, 0.3) is 0 Å². The van der Waals surface area contributed by atoms with Gasteiger partial charge >= 0.3 is 0 Å². The number of hydrogen-bond acceptors (Lipinski definition) is 5. The SMILES string of the molecule is [2H]C1(O)C[C@@H](O)[C@H](O)[C@@H](CO)O1. The van der Waals surface area contributed by atoms with E-state index >= 15 is 0 Å². The van der Waals surface area contributed by atoms with Gasteiger partial charge in [-0.25, -0.2) is 0 Å². The third kappa shape index (κ3) is 1.88. The Morgan fingerprint density at radius 2 is 2.09 bits per heavy atom. The van der Waals surface area contributed by atoms with Crippen molar-refractivity contribution in [2.24, 2.45) is 0 Å². The smallest absolute Gasteiger partial charge is 0.157 e. The van der Waals surface area contributed by atoms with Gasteiger partial charge in [-0.05, 0) is 0 Å². The van der Waals surface area contributed by atoms with Gasteiger partial charge in [0.05, 0.1) is 14.1 Å². The molecule has 1 rings (SSSR count). The number of ether oxygens (including phenoxy) is 1. The molecular weight excluding hydrogens is 152 g/mol. The highest BCUT2D eigenvalue weighted by atomic mass is 16.6. The third-order valence-corrected chi connectivity index (χ3v) is 1.63. The van der Waals surface area contributed by atoms with Crippen LogP contribution < -0.4 is 0 Å². The number of hydrogen-bond donors (Lipinski definition) is 4. The van der Waals surface area contributed by atoms with E-state index in [0.717, 1.165) is 0 Å². The second-order valence-electron chi connectivity index (χ2n) is 2.49. The van der Waals surface area contributed by atoms with Gasteiger partial charge in [0, 0.05) is 6.42 Å². The first kappa shape index (κ1) is 7.45. The molecule has 11 heavy (non-hydrogen) atoms. The molecule has 5 heteroatoms. The van der Waals surface area contributed by atoms with E-state index in [1.54, 1.807) is 0 Å². The highest BCUT2D eigenvalue weighted by Gasteiger charge is 2.35. The predicted molar refractivity (Wildman–Crippen MR) is 34.6 cm³/mol. The lowest BCUT2D eigenvalue weighted by Crippen LogP contribution is -2.49. The van der Waals surface area contributed by atoms with Gasteiger partial charge in [-0.1, -0.05) is 0 Å². The fourth-order valence-corrected chi connectivity index (χ4v) is 0.985. The molecule has 1 heterocycles. The number of rotatable bonds is 1. The predicted octanol–water partition coefficient (Wildman–Crippen LogP) is -2.19. The topological polar surface area (TPSA) is 90.2 Å². The minimum Gasteiger partial charge on any atom is -0.394 e. The minimum atomic E-state index is -2.22. The molecule has 4 N–H and O–H groups in total. The molecule has 0 bridgehead atoms. The number of aliphatic hydroxyl groups is 4. The lowest BCUT2D eigenvalue weighted by molar-refractivity contribution is -0.239. The van der Waals surface area contributed by atoms with Crippen LogP contribution >= 0.6 is 0 Å². The van der Waals surface area contributed by atoms with Crippen molar-refractivity contribution in [3.8, 4) is 0 Å². The van der Waals surface area contributed by atoms with Crippen molar-refractivity contribution in [1.82, 2.24) is 0 Å². The Kier molecular flexibility index (Phi) is 2.35. The zero-order chi connectivity index (χ0) is 9.35. The molecule has 1 unspecified atom stereocenters. The highest BCUT2D eigenvalue weighted by molar-refractivity contribution is 4.81. The Labute approximate surface area is 65.3 Å². The Balaban J connectivity index is 2.65. The molecule has 0 amide bonds. The van der Waals surface area contributed by atoms with E-state index in [9.17, 15) is 0 Å². The largest absolute Gasteiger partial charge is 0.394 e. The molecule has 0 aromatic rings. The molecule has 1 aliphatic rings.